The normalized spacial score (nSPS) is 15.4. The third-order valence-electron chi connectivity index (χ3n) is 4.82. The molecule has 0 saturated carbocycles. The molecule has 1 aromatic heterocycles. The molecule has 0 fully saturated rings. The van der Waals surface area contributed by atoms with Crippen molar-refractivity contribution in [2.45, 2.75) is 27.0 Å². The summed E-state index contributed by atoms with van der Waals surface area (Å²) in [7, 11) is 0. The molecule has 4 rings (SSSR count). The third kappa shape index (κ3) is 2.79. The van der Waals surface area contributed by atoms with Crippen LogP contribution in [0.1, 0.15) is 31.2 Å². The lowest BCUT2D eigenvalue weighted by Crippen LogP contribution is -2.22. The van der Waals surface area contributed by atoms with E-state index in [-0.39, 0.29) is 5.63 Å². The maximum absolute atomic E-state index is 12.6. The van der Waals surface area contributed by atoms with E-state index in [4.69, 9.17) is 9.15 Å². The lowest BCUT2D eigenvalue weighted by molar-refractivity contribution is 0.254. The number of fused-ring (bicyclic) bond motifs is 2. The van der Waals surface area contributed by atoms with Crippen LogP contribution in [0.4, 0.5) is 11.4 Å². The molecule has 2 aromatic carbocycles. The molecular weight excluding hydrogens is 328 g/mol. The predicted octanol–water partition coefficient (Wildman–Crippen LogP) is 4.45. The lowest BCUT2D eigenvalue weighted by Gasteiger charge is -2.21. The number of anilines is 2. The molecule has 134 valence electrons. The van der Waals surface area contributed by atoms with Crippen molar-refractivity contribution in [2.75, 3.05) is 23.3 Å². The molecule has 1 aliphatic heterocycles. The van der Waals surface area contributed by atoms with Gasteiger partial charge < -0.3 is 19.4 Å². The number of nitrogens with one attached hydrogen (secondary N) is 1. The Balaban J connectivity index is 1.70. The Morgan fingerprint density at radius 1 is 1.08 bits per heavy atom. The van der Waals surface area contributed by atoms with E-state index in [1.807, 2.05) is 43.3 Å². The topological polar surface area (TPSA) is 54.7 Å². The molecule has 0 spiro atoms. The predicted molar refractivity (Wildman–Crippen MR) is 104 cm³/mol. The molecule has 1 atom stereocenters. The minimum absolute atomic E-state index is 0.378. The minimum Gasteiger partial charge on any atom is -0.464 e. The average Bonchev–Trinajstić information content (AvgIpc) is 3.05. The monoisotopic (exact) mass is 350 g/mol. The largest absolute Gasteiger partial charge is 0.464 e. The Bertz CT molecular complexity index is 1020. The standard InChI is InChI=1S/C21H22N2O3/c1-4-23(5-2)15-8-7-14-11-16(21(24)26-19(14)12-15)20-22-17-10-13(3)6-9-18(17)25-20/h6-12,20,22H,4-5H2,1-3H3. The van der Waals surface area contributed by atoms with E-state index >= 15 is 0 Å². The van der Waals surface area contributed by atoms with E-state index in [1.165, 1.54) is 0 Å². The van der Waals surface area contributed by atoms with E-state index < -0.39 is 6.23 Å². The summed E-state index contributed by atoms with van der Waals surface area (Å²) in [6.07, 6.45) is -0.532. The Labute approximate surface area is 152 Å². The van der Waals surface area contributed by atoms with Crippen LogP contribution in [0.2, 0.25) is 0 Å². The van der Waals surface area contributed by atoms with E-state index in [9.17, 15) is 4.79 Å². The molecule has 1 N–H and O–H groups in total. The fraction of sp³-hybridized carbons (Fsp3) is 0.286. The maximum Gasteiger partial charge on any atom is 0.345 e. The summed E-state index contributed by atoms with van der Waals surface area (Å²) < 4.78 is 11.5. The molecular formula is C21H22N2O3. The second kappa shape index (κ2) is 6.41. The van der Waals surface area contributed by atoms with Gasteiger partial charge in [0.25, 0.3) is 0 Å². The van der Waals surface area contributed by atoms with Gasteiger partial charge in [0.1, 0.15) is 11.3 Å². The van der Waals surface area contributed by atoms with Crippen LogP contribution in [-0.4, -0.2) is 13.1 Å². The Kier molecular flexibility index (Phi) is 4.07. The Hall–Kier alpha value is -2.95. The summed E-state index contributed by atoms with van der Waals surface area (Å²) in [6.45, 7) is 8.04. The summed E-state index contributed by atoms with van der Waals surface area (Å²) in [4.78, 5) is 14.8. The van der Waals surface area contributed by atoms with Gasteiger partial charge >= 0.3 is 5.63 Å². The summed E-state index contributed by atoms with van der Waals surface area (Å²) in [5.74, 6) is 0.747. The SMILES string of the molecule is CCN(CC)c1ccc2cc(C3Nc4cc(C)ccc4O3)c(=O)oc2c1. The number of ether oxygens (including phenoxy) is 1. The van der Waals surface area contributed by atoms with Crippen molar-refractivity contribution in [3.8, 4) is 5.75 Å². The first-order valence-corrected chi connectivity index (χ1v) is 8.95. The lowest BCUT2D eigenvalue weighted by atomic mass is 10.1. The van der Waals surface area contributed by atoms with Gasteiger partial charge in [-0.3, -0.25) is 0 Å². The number of rotatable bonds is 4. The highest BCUT2D eigenvalue weighted by Gasteiger charge is 2.26. The molecule has 0 amide bonds. The van der Waals surface area contributed by atoms with Crippen LogP contribution in [0.15, 0.2) is 51.7 Å². The molecule has 26 heavy (non-hydrogen) atoms. The van der Waals surface area contributed by atoms with Crippen LogP contribution in [0, 0.1) is 6.92 Å². The van der Waals surface area contributed by atoms with Gasteiger partial charge in [0.2, 0.25) is 6.23 Å². The number of nitrogens with zero attached hydrogens (tertiary/aromatic N) is 1. The summed E-state index contributed by atoms with van der Waals surface area (Å²) in [6, 6.07) is 13.7. The van der Waals surface area contributed by atoms with Crippen LogP contribution in [-0.2, 0) is 0 Å². The number of aryl methyl sites for hydroxylation is 1. The van der Waals surface area contributed by atoms with Crippen molar-refractivity contribution < 1.29 is 9.15 Å². The van der Waals surface area contributed by atoms with E-state index in [0.717, 1.165) is 41.2 Å². The van der Waals surface area contributed by atoms with Gasteiger partial charge in [0, 0.05) is 30.2 Å². The number of hydrogen-bond donors (Lipinski definition) is 1. The van der Waals surface area contributed by atoms with E-state index in [2.05, 4.69) is 30.1 Å². The van der Waals surface area contributed by atoms with E-state index in [1.54, 1.807) is 0 Å². The van der Waals surface area contributed by atoms with Crippen LogP contribution < -0.4 is 20.6 Å². The molecule has 0 bridgehead atoms. The van der Waals surface area contributed by atoms with Crippen molar-refractivity contribution in [1.29, 1.82) is 0 Å². The zero-order chi connectivity index (χ0) is 18.3. The summed E-state index contributed by atoms with van der Waals surface area (Å²) in [5.41, 5.74) is 3.77. The first-order chi connectivity index (χ1) is 12.6. The van der Waals surface area contributed by atoms with Crippen LogP contribution >= 0.6 is 0 Å². The second-order valence-electron chi connectivity index (χ2n) is 6.53. The van der Waals surface area contributed by atoms with Gasteiger partial charge in [0.15, 0.2) is 0 Å². The van der Waals surface area contributed by atoms with Gasteiger partial charge in [-0.15, -0.1) is 0 Å². The maximum atomic E-state index is 12.6. The van der Waals surface area contributed by atoms with Crippen LogP contribution in [0.25, 0.3) is 11.0 Å². The molecule has 5 nitrogen and oxygen atoms in total. The van der Waals surface area contributed by atoms with Crippen molar-refractivity contribution in [3.63, 3.8) is 0 Å². The quantitative estimate of drug-likeness (QED) is 0.705. The van der Waals surface area contributed by atoms with Crippen molar-refractivity contribution in [2.24, 2.45) is 0 Å². The van der Waals surface area contributed by atoms with Gasteiger partial charge in [-0.05, 0) is 56.7 Å². The Morgan fingerprint density at radius 3 is 2.65 bits per heavy atom. The highest BCUT2D eigenvalue weighted by atomic mass is 16.5. The molecule has 0 saturated heterocycles. The van der Waals surface area contributed by atoms with Crippen molar-refractivity contribution >= 4 is 22.3 Å². The van der Waals surface area contributed by atoms with Gasteiger partial charge in [0.05, 0.1) is 11.3 Å². The first kappa shape index (κ1) is 16.5. The summed E-state index contributed by atoms with van der Waals surface area (Å²) in [5, 5.41) is 4.14. The van der Waals surface area contributed by atoms with Crippen molar-refractivity contribution in [3.05, 3.63) is 64.0 Å². The molecule has 1 unspecified atom stereocenters. The minimum atomic E-state index is -0.532. The van der Waals surface area contributed by atoms with Crippen LogP contribution in [0.5, 0.6) is 5.75 Å². The second-order valence-corrected chi connectivity index (χ2v) is 6.53. The first-order valence-electron chi connectivity index (χ1n) is 8.95. The van der Waals surface area contributed by atoms with Crippen LogP contribution in [0.3, 0.4) is 0 Å². The summed E-state index contributed by atoms with van der Waals surface area (Å²) >= 11 is 0. The number of benzene rings is 2. The fourth-order valence-corrected chi connectivity index (χ4v) is 3.38. The molecule has 1 aliphatic rings. The molecule has 2 heterocycles. The highest BCUT2D eigenvalue weighted by molar-refractivity contribution is 5.81. The highest BCUT2D eigenvalue weighted by Crippen LogP contribution is 2.38. The Morgan fingerprint density at radius 2 is 1.88 bits per heavy atom. The molecule has 3 aromatic rings. The zero-order valence-corrected chi connectivity index (χ0v) is 15.2. The molecule has 5 heteroatoms. The fourth-order valence-electron chi connectivity index (χ4n) is 3.38. The third-order valence-corrected chi connectivity index (χ3v) is 4.82. The number of hydrogen-bond acceptors (Lipinski definition) is 5. The van der Waals surface area contributed by atoms with Gasteiger partial charge in [-0.2, -0.15) is 0 Å². The van der Waals surface area contributed by atoms with Gasteiger partial charge in [-0.1, -0.05) is 6.07 Å². The molecule has 0 aliphatic carbocycles. The zero-order valence-electron chi connectivity index (χ0n) is 15.2. The smallest absolute Gasteiger partial charge is 0.345 e. The average molecular weight is 350 g/mol. The van der Waals surface area contributed by atoms with Gasteiger partial charge in [-0.25, -0.2) is 4.79 Å². The van der Waals surface area contributed by atoms with Crippen molar-refractivity contribution in [1.82, 2.24) is 0 Å². The molecule has 0 radical (unpaired) electrons. The van der Waals surface area contributed by atoms with E-state index in [0.29, 0.717) is 11.1 Å².